The highest BCUT2D eigenvalue weighted by atomic mass is 32.2. The Hall–Kier alpha value is -4.28. The molecular weight excluding hydrogens is 540 g/mol. The van der Waals surface area contributed by atoms with Crippen molar-refractivity contribution in [1.82, 2.24) is 10.2 Å². The van der Waals surface area contributed by atoms with Crippen LogP contribution in [-0.4, -0.2) is 41.9 Å². The molecule has 2 aliphatic rings. The van der Waals surface area contributed by atoms with Crippen LogP contribution in [0.25, 0.3) is 0 Å². The number of rotatable bonds is 8. The van der Waals surface area contributed by atoms with E-state index < -0.39 is 5.92 Å². The molecule has 1 aliphatic carbocycles. The fraction of sp³-hybridized carbons (Fsp3) is 0.269. The summed E-state index contributed by atoms with van der Waals surface area (Å²) in [6, 6.07) is 10.8. The Morgan fingerprint density at radius 2 is 2.15 bits per heavy atom. The molecule has 5 rings (SSSR count). The van der Waals surface area contributed by atoms with Gasteiger partial charge in [-0.2, -0.15) is 5.26 Å². The third-order valence-electron chi connectivity index (χ3n) is 6.34. The van der Waals surface area contributed by atoms with Gasteiger partial charge < -0.3 is 24.9 Å². The molecule has 39 heavy (non-hydrogen) atoms. The first kappa shape index (κ1) is 26.3. The minimum absolute atomic E-state index is 0.0494. The van der Waals surface area contributed by atoms with Crippen molar-refractivity contribution in [3.8, 4) is 17.6 Å². The summed E-state index contributed by atoms with van der Waals surface area (Å²) < 4.78 is 16.7. The van der Waals surface area contributed by atoms with Gasteiger partial charge in [0.25, 0.3) is 0 Å². The van der Waals surface area contributed by atoms with E-state index >= 15 is 0 Å². The molecular formula is C26H24N6O5S2. The molecule has 1 aromatic carbocycles. The first-order valence-corrected chi connectivity index (χ1v) is 13.7. The van der Waals surface area contributed by atoms with Crippen LogP contribution in [0.5, 0.6) is 11.5 Å². The number of furan rings is 1. The number of carbonyl (C=O) groups is 2. The number of Topliss-reactive ketones (excluding diaryl/α,β-unsaturated/α-hetero) is 1. The zero-order chi connectivity index (χ0) is 27.5. The summed E-state index contributed by atoms with van der Waals surface area (Å²) in [6.45, 7) is 0. The highest BCUT2D eigenvalue weighted by Gasteiger charge is 2.42. The van der Waals surface area contributed by atoms with Crippen LogP contribution in [0.15, 0.2) is 68.0 Å². The number of anilines is 2. The lowest BCUT2D eigenvalue weighted by Gasteiger charge is -2.37. The number of thioether (sulfide) groups is 1. The maximum absolute atomic E-state index is 13.1. The van der Waals surface area contributed by atoms with Gasteiger partial charge in [-0.3, -0.25) is 14.5 Å². The number of ether oxygens (including phenoxy) is 2. The van der Waals surface area contributed by atoms with Gasteiger partial charge in [0.2, 0.25) is 11.0 Å². The van der Waals surface area contributed by atoms with Crippen LogP contribution in [0.1, 0.15) is 30.9 Å². The van der Waals surface area contributed by atoms with E-state index in [0.717, 1.165) is 0 Å². The van der Waals surface area contributed by atoms with Crippen molar-refractivity contribution in [1.29, 1.82) is 5.26 Å². The highest BCUT2D eigenvalue weighted by molar-refractivity contribution is 8.01. The lowest BCUT2D eigenvalue weighted by Crippen LogP contribution is -2.38. The summed E-state index contributed by atoms with van der Waals surface area (Å²) >= 11 is 2.43. The Balaban J connectivity index is 1.37. The molecule has 3 heterocycles. The zero-order valence-electron chi connectivity index (χ0n) is 21.1. The van der Waals surface area contributed by atoms with Crippen molar-refractivity contribution in [2.75, 3.05) is 30.2 Å². The molecule has 3 N–H and O–H groups in total. The number of methoxy groups -OCH3 is 2. The maximum atomic E-state index is 13.1. The lowest BCUT2D eigenvalue weighted by atomic mass is 9.78. The second kappa shape index (κ2) is 11.2. The SMILES string of the molecule is COc1ccc(OC)c(NC(=O)CSc2nnc(N3C(N)=C(C#N)C(c4ccco4)C4=C3CCCC4=O)s2)c1. The van der Waals surface area contributed by atoms with Gasteiger partial charge in [0.05, 0.1) is 49.5 Å². The minimum Gasteiger partial charge on any atom is -0.497 e. The molecule has 0 spiro atoms. The normalized spacial score (nSPS) is 17.1. The van der Waals surface area contributed by atoms with Crippen LogP contribution in [0.2, 0.25) is 0 Å². The number of nitrogens with two attached hydrogens (primary N) is 1. The number of aromatic nitrogens is 2. The number of hydrogen-bond acceptors (Lipinski definition) is 12. The maximum Gasteiger partial charge on any atom is 0.234 e. The van der Waals surface area contributed by atoms with Crippen molar-refractivity contribution < 1.29 is 23.5 Å². The van der Waals surface area contributed by atoms with Gasteiger partial charge >= 0.3 is 0 Å². The first-order chi connectivity index (χ1) is 18.9. The number of carbonyl (C=O) groups excluding carboxylic acids is 2. The number of amides is 1. The van der Waals surface area contributed by atoms with Crippen molar-refractivity contribution >= 4 is 45.6 Å². The second-order valence-electron chi connectivity index (χ2n) is 8.59. The van der Waals surface area contributed by atoms with Gasteiger partial charge in [-0.1, -0.05) is 23.1 Å². The Kier molecular flexibility index (Phi) is 7.58. The predicted octanol–water partition coefficient (Wildman–Crippen LogP) is 4.18. The fourth-order valence-corrected chi connectivity index (χ4v) is 6.30. The third-order valence-corrected chi connectivity index (χ3v) is 8.38. The van der Waals surface area contributed by atoms with Crippen molar-refractivity contribution in [3.63, 3.8) is 0 Å². The zero-order valence-corrected chi connectivity index (χ0v) is 22.7. The topological polar surface area (TPSA) is 157 Å². The summed E-state index contributed by atoms with van der Waals surface area (Å²) in [5, 5.41) is 21.8. The fourth-order valence-electron chi connectivity index (χ4n) is 4.62. The molecule has 0 radical (unpaired) electrons. The molecule has 3 aromatic rings. The van der Waals surface area contributed by atoms with Gasteiger partial charge in [0, 0.05) is 23.8 Å². The molecule has 1 atom stereocenters. The number of nitrogens with one attached hydrogen (secondary N) is 1. The van der Waals surface area contributed by atoms with E-state index in [-0.39, 0.29) is 28.8 Å². The summed E-state index contributed by atoms with van der Waals surface area (Å²) in [5.74, 6) is 0.850. The van der Waals surface area contributed by atoms with Gasteiger partial charge in [0.15, 0.2) is 10.1 Å². The number of benzene rings is 1. The lowest BCUT2D eigenvalue weighted by molar-refractivity contribution is -0.116. The van der Waals surface area contributed by atoms with E-state index in [1.54, 1.807) is 42.3 Å². The standard InChI is InChI=1S/C26H24N6O5S2/c1-35-14-8-9-19(36-2)16(11-14)29-21(34)13-38-26-31-30-25(39-26)32-17-5-3-6-18(33)23(17)22(15(12-27)24(32)28)20-7-4-10-37-20/h4,7-11,22H,3,5-6,13,28H2,1-2H3,(H,29,34). The summed E-state index contributed by atoms with van der Waals surface area (Å²) in [7, 11) is 3.06. The van der Waals surface area contributed by atoms with E-state index in [4.69, 9.17) is 19.6 Å². The van der Waals surface area contributed by atoms with E-state index in [2.05, 4.69) is 21.6 Å². The summed E-state index contributed by atoms with van der Waals surface area (Å²) in [6.07, 6.45) is 3.13. The van der Waals surface area contributed by atoms with Crippen LogP contribution >= 0.6 is 23.1 Å². The number of nitriles is 1. The van der Waals surface area contributed by atoms with Crippen LogP contribution in [0, 0.1) is 11.3 Å². The third kappa shape index (κ3) is 5.08. The predicted molar refractivity (Wildman–Crippen MR) is 145 cm³/mol. The molecule has 2 aromatic heterocycles. The van der Waals surface area contributed by atoms with Crippen LogP contribution in [0.4, 0.5) is 10.8 Å². The monoisotopic (exact) mass is 564 g/mol. The van der Waals surface area contributed by atoms with Crippen molar-refractivity contribution in [2.45, 2.75) is 29.5 Å². The number of ketones is 1. The summed E-state index contributed by atoms with van der Waals surface area (Å²) in [5.41, 5.74) is 8.42. The summed E-state index contributed by atoms with van der Waals surface area (Å²) in [4.78, 5) is 27.4. The van der Waals surface area contributed by atoms with Crippen molar-refractivity contribution in [2.24, 2.45) is 5.73 Å². The smallest absolute Gasteiger partial charge is 0.234 e. The van der Waals surface area contributed by atoms with Crippen molar-refractivity contribution in [3.05, 3.63) is 65.0 Å². The van der Waals surface area contributed by atoms with E-state index in [0.29, 0.717) is 63.0 Å². The molecule has 0 fully saturated rings. The Bertz CT molecular complexity index is 1520. The van der Waals surface area contributed by atoms with E-state index in [9.17, 15) is 14.9 Å². The highest BCUT2D eigenvalue weighted by Crippen LogP contribution is 2.47. The Morgan fingerprint density at radius 1 is 1.31 bits per heavy atom. The average Bonchev–Trinajstić information content (AvgIpc) is 3.64. The number of hydrogen-bond donors (Lipinski definition) is 2. The molecule has 1 amide bonds. The Labute approximate surface area is 232 Å². The quantitative estimate of drug-likeness (QED) is 0.378. The molecule has 0 saturated carbocycles. The largest absolute Gasteiger partial charge is 0.497 e. The first-order valence-electron chi connectivity index (χ1n) is 11.9. The molecule has 0 saturated heterocycles. The second-order valence-corrected chi connectivity index (χ2v) is 10.8. The van der Waals surface area contributed by atoms with E-state index in [1.807, 2.05) is 0 Å². The molecule has 200 valence electrons. The number of allylic oxidation sites excluding steroid dienone is 3. The van der Waals surface area contributed by atoms with Crippen LogP contribution < -0.4 is 25.4 Å². The molecule has 1 unspecified atom stereocenters. The van der Waals surface area contributed by atoms with Gasteiger partial charge in [-0.05, 0) is 37.1 Å². The molecule has 11 nitrogen and oxygen atoms in total. The van der Waals surface area contributed by atoms with Crippen LogP contribution in [0.3, 0.4) is 0 Å². The minimum atomic E-state index is -0.664. The van der Waals surface area contributed by atoms with Crippen LogP contribution in [-0.2, 0) is 9.59 Å². The average molecular weight is 565 g/mol. The van der Waals surface area contributed by atoms with E-state index in [1.165, 1.54) is 36.5 Å². The molecule has 0 bridgehead atoms. The van der Waals surface area contributed by atoms with Gasteiger partial charge in [-0.25, -0.2) is 0 Å². The molecule has 1 aliphatic heterocycles. The Morgan fingerprint density at radius 3 is 2.87 bits per heavy atom. The van der Waals surface area contributed by atoms with Gasteiger partial charge in [-0.15, -0.1) is 10.2 Å². The number of nitrogens with zero attached hydrogens (tertiary/aromatic N) is 4. The van der Waals surface area contributed by atoms with Gasteiger partial charge in [0.1, 0.15) is 23.1 Å². The molecule has 13 heteroatoms.